The van der Waals surface area contributed by atoms with Gasteiger partial charge in [-0.15, -0.1) is 0 Å². The van der Waals surface area contributed by atoms with E-state index in [0.29, 0.717) is 53.9 Å². The minimum absolute atomic E-state index is 0.336. The summed E-state index contributed by atoms with van der Waals surface area (Å²) in [5.41, 5.74) is 7.86. The first-order chi connectivity index (χ1) is 13.9. The Labute approximate surface area is 170 Å². The molecule has 1 fully saturated rings. The van der Waals surface area contributed by atoms with Crippen LogP contribution in [0.1, 0.15) is 18.9 Å². The summed E-state index contributed by atoms with van der Waals surface area (Å²) in [6, 6.07) is 7.19. The van der Waals surface area contributed by atoms with Gasteiger partial charge in [0.1, 0.15) is 5.82 Å². The van der Waals surface area contributed by atoms with E-state index < -0.39 is 10.0 Å². The summed E-state index contributed by atoms with van der Waals surface area (Å²) >= 11 is 0. The quantitative estimate of drug-likeness (QED) is 0.671. The fourth-order valence-electron chi connectivity index (χ4n) is 3.57. The maximum absolute atomic E-state index is 13.0. The number of nitrogen functional groups attached to an aromatic ring is 1. The Balaban J connectivity index is 1.49. The van der Waals surface area contributed by atoms with Crippen molar-refractivity contribution in [2.24, 2.45) is 7.05 Å². The molecule has 3 heterocycles. The fraction of sp³-hybridized carbons (Fsp3) is 0.421. The number of anilines is 2. The third kappa shape index (κ3) is 3.65. The van der Waals surface area contributed by atoms with Crippen LogP contribution in [0.5, 0.6) is 0 Å². The number of sulfonamides is 1. The highest BCUT2D eigenvalue weighted by molar-refractivity contribution is 7.89. The number of benzene rings is 1. The lowest BCUT2D eigenvalue weighted by atomic mass is 10.1. The second-order valence-electron chi connectivity index (χ2n) is 7.20. The number of aromatic nitrogens is 4. The predicted octanol–water partition coefficient (Wildman–Crippen LogP) is 1.41. The zero-order valence-corrected chi connectivity index (χ0v) is 17.4. The second-order valence-corrected chi connectivity index (χ2v) is 9.14. The summed E-state index contributed by atoms with van der Waals surface area (Å²) in [5.74, 6) is 0.875. The monoisotopic (exact) mass is 415 g/mol. The lowest BCUT2D eigenvalue weighted by molar-refractivity contribution is 0.382. The molecule has 154 valence electrons. The summed E-state index contributed by atoms with van der Waals surface area (Å²) in [6.07, 6.45) is 3.62. The number of rotatable bonds is 5. The van der Waals surface area contributed by atoms with E-state index in [0.717, 1.165) is 18.4 Å². The van der Waals surface area contributed by atoms with Crippen molar-refractivity contribution in [3.63, 3.8) is 0 Å². The van der Waals surface area contributed by atoms with Gasteiger partial charge in [-0.05, 0) is 24.1 Å². The second kappa shape index (κ2) is 7.60. The van der Waals surface area contributed by atoms with Crippen LogP contribution in [0.2, 0.25) is 0 Å². The van der Waals surface area contributed by atoms with Gasteiger partial charge in [0.15, 0.2) is 5.65 Å². The summed E-state index contributed by atoms with van der Waals surface area (Å²) in [5, 5.41) is 4.88. The van der Waals surface area contributed by atoms with Crippen LogP contribution in [-0.4, -0.2) is 58.7 Å². The highest BCUT2D eigenvalue weighted by atomic mass is 32.2. The predicted molar refractivity (Wildman–Crippen MR) is 112 cm³/mol. The molecule has 0 amide bonds. The van der Waals surface area contributed by atoms with E-state index in [2.05, 4.69) is 22.0 Å². The van der Waals surface area contributed by atoms with E-state index in [1.807, 2.05) is 17.0 Å². The molecule has 0 spiro atoms. The van der Waals surface area contributed by atoms with Crippen molar-refractivity contribution in [1.29, 1.82) is 0 Å². The van der Waals surface area contributed by atoms with Crippen molar-refractivity contribution in [3.8, 4) is 0 Å². The Kier molecular flexibility index (Phi) is 5.13. The number of aryl methyl sites for hydroxylation is 2. The first-order valence-corrected chi connectivity index (χ1v) is 11.1. The summed E-state index contributed by atoms with van der Waals surface area (Å²) in [6.45, 7) is 3.83. The molecule has 3 aromatic rings. The molecule has 1 aromatic carbocycles. The van der Waals surface area contributed by atoms with E-state index in [9.17, 15) is 8.42 Å². The average Bonchev–Trinajstić information content (AvgIpc) is 3.10. The normalized spacial score (nSPS) is 15.9. The van der Waals surface area contributed by atoms with Gasteiger partial charge < -0.3 is 10.6 Å². The Morgan fingerprint density at radius 1 is 1.07 bits per heavy atom. The molecule has 1 saturated heterocycles. The Hall–Kier alpha value is -2.72. The third-order valence-corrected chi connectivity index (χ3v) is 7.14. The Morgan fingerprint density at radius 3 is 2.41 bits per heavy atom. The van der Waals surface area contributed by atoms with Gasteiger partial charge in [0.05, 0.1) is 16.5 Å². The lowest BCUT2D eigenvalue weighted by Gasteiger charge is -2.34. The van der Waals surface area contributed by atoms with Crippen LogP contribution < -0.4 is 10.6 Å². The van der Waals surface area contributed by atoms with Gasteiger partial charge in [0, 0.05) is 33.2 Å². The average molecular weight is 416 g/mol. The Bertz CT molecular complexity index is 1120. The molecular weight excluding hydrogens is 390 g/mol. The van der Waals surface area contributed by atoms with Gasteiger partial charge in [-0.3, -0.25) is 4.68 Å². The van der Waals surface area contributed by atoms with Gasteiger partial charge in [-0.1, -0.05) is 25.5 Å². The smallest absolute Gasteiger partial charge is 0.243 e. The van der Waals surface area contributed by atoms with E-state index in [-0.39, 0.29) is 0 Å². The summed E-state index contributed by atoms with van der Waals surface area (Å²) in [4.78, 5) is 11.2. The van der Waals surface area contributed by atoms with Crippen LogP contribution in [-0.2, 0) is 23.5 Å². The van der Waals surface area contributed by atoms with Crippen molar-refractivity contribution >= 4 is 32.8 Å². The maximum Gasteiger partial charge on any atom is 0.243 e. The maximum atomic E-state index is 13.0. The van der Waals surface area contributed by atoms with Gasteiger partial charge in [0.25, 0.3) is 0 Å². The topological polar surface area (TPSA) is 110 Å². The molecule has 0 aliphatic carbocycles. The first-order valence-electron chi connectivity index (χ1n) is 9.69. The molecule has 0 saturated carbocycles. The van der Waals surface area contributed by atoms with Crippen LogP contribution >= 0.6 is 0 Å². The molecule has 1 aliphatic rings. The molecule has 2 aromatic heterocycles. The number of fused-ring (bicyclic) bond motifs is 1. The van der Waals surface area contributed by atoms with Gasteiger partial charge >= 0.3 is 0 Å². The molecule has 0 unspecified atom stereocenters. The molecule has 1 aliphatic heterocycles. The van der Waals surface area contributed by atoms with Crippen molar-refractivity contribution in [2.75, 3.05) is 36.8 Å². The third-order valence-electron chi connectivity index (χ3n) is 5.23. The molecule has 29 heavy (non-hydrogen) atoms. The molecule has 9 nitrogen and oxygen atoms in total. The van der Waals surface area contributed by atoms with E-state index in [1.165, 1.54) is 4.31 Å². The largest absolute Gasteiger partial charge is 0.383 e. The van der Waals surface area contributed by atoms with Gasteiger partial charge in [0.2, 0.25) is 16.0 Å². The standard InChI is InChI=1S/C19H25N7O2S/c1-3-4-14-5-7-15(8-6-14)29(27,28)26-11-9-25(10-12-26)19-22-17(20)16-13-21-24(2)18(16)23-19/h5-8,13H,3-4,9-12H2,1-2H3,(H2,20,22,23). The van der Waals surface area contributed by atoms with Gasteiger partial charge in [-0.2, -0.15) is 19.4 Å². The van der Waals surface area contributed by atoms with Gasteiger partial charge in [-0.25, -0.2) is 8.42 Å². The van der Waals surface area contributed by atoms with Crippen molar-refractivity contribution in [1.82, 2.24) is 24.1 Å². The summed E-state index contributed by atoms with van der Waals surface area (Å²) in [7, 11) is -1.71. The molecule has 4 rings (SSSR count). The van der Waals surface area contributed by atoms with Crippen LogP contribution in [0, 0.1) is 0 Å². The van der Waals surface area contributed by atoms with Crippen molar-refractivity contribution in [2.45, 2.75) is 24.7 Å². The SMILES string of the molecule is CCCc1ccc(S(=O)(=O)N2CCN(c3nc(N)c4cnn(C)c4n3)CC2)cc1. The van der Waals surface area contributed by atoms with Crippen LogP contribution in [0.4, 0.5) is 11.8 Å². The fourth-order valence-corrected chi connectivity index (χ4v) is 4.99. The number of hydrogen-bond acceptors (Lipinski definition) is 7. The zero-order valence-electron chi connectivity index (χ0n) is 16.6. The highest BCUT2D eigenvalue weighted by Crippen LogP contribution is 2.23. The van der Waals surface area contributed by atoms with Crippen molar-refractivity contribution in [3.05, 3.63) is 36.0 Å². The molecule has 0 bridgehead atoms. The van der Waals surface area contributed by atoms with E-state index in [1.54, 1.807) is 30.1 Å². The van der Waals surface area contributed by atoms with Crippen LogP contribution in [0.3, 0.4) is 0 Å². The van der Waals surface area contributed by atoms with Crippen molar-refractivity contribution < 1.29 is 8.42 Å². The van der Waals surface area contributed by atoms with E-state index >= 15 is 0 Å². The number of nitrogens with zero attached hydrogens (tertiary/aromatic N) is 6. The minimum atomic E-state index is -3.51. The molecule has 10 heteroatoms. The summed E-state index contributed by atoms with van der Waals surface area (Å²) < 4.78 is 29.1. The number of piperazine rings is 1. The van der Waals surface area contributed by atoms with Crippen LogP contribution in [0.25, 0.3) is 11.0 Å². The number of hydrogen-bond donors (Lipinski definition) is 1. The zero-order chi connectivity index (χ0) is 20.6. The highest BCUT2D eigenvalue weighted by Gasteiger charge is 2.29. The lowest BCUT2D eigenvalue weighted by Crippen LogP contribution is -2.49. The van der Waals surface area contributed by atoms with E-state index in [4.69, 9.17) is 5.73 Å². The molecular formula is C19H25N7O2S. The van der Waals surface area contributed by atoms with Crippen LogP contribution in [0.15, 0.2) is 35.4 Å². The molecule has 2 N–H and O–H groups in total. The number of nitrogens with two attached hydrogens (primary N) is 1. The molecule has 0 radical (unpaired) electrons. The molecule has 0 atom stereocenters. The Morgan fingerprint density at radius 2 is 1.76 bits per heavy atom. The minimum Gasteiger partial charge on any atom is -0.383 e. The first kappa shape index (κ1) is 19.6.